The number of rotatable bonds is 2. The molecule has 1 aliphatic rings. The number of halogens is 6. The minimum atomic E-state index is -5.41. The monoisotopic (exact) mass is 304 g/mol. The Labute approximate surface area is 107 Å². The first-order valence-corrected chi connectivity index (χ1v) is 4.81. The molecule has 1 rings (SSSR count). The molecule has 0 aliphatic heterocycles. The average molecular weight is 304 g/mol. The molecule has 4 nitrogen and oxygen atoms in total. The topological polar surface area (TPSA) is 74.6 Å². The van der Waals surface area contributed by atoms with Crippen LogP contribution in [-0.2, 0) is 9.59 Å². The van der Waals surface area contributed by atoms with Crippen molar-refractivity contribution in [1.82, 2.24) is 0 Å². The second-order valence-electron chi connectivity index (χ2n) is 4.01. The molecule has 0 amide bonds. The van der Waals surface area contributed by atoms with Gasteiger partial charge < -0.3 is 10.2 Å². The summed E-state index contributed by atoms with van der Waals surface area (Å²) < 4.78 is 76.1. The molecule has 0 spiro atoms. The largest absolute Gasteiger partial charge is 0.480 e. The van der Waals surface area contributed by atoms with Crippen molar-refractivity contribution in [1.29, 1.82) is 0 Å². The maximum atomic E-state index is 12.7. The van der Waals surface area contributed by atoms with Gasteiger partial charge >= 0.3 is 24.3 Å². The van der Waals surface area contributed by atoms with Crippen LogP contribution in [0.3, 0.4) is 0 Å². The van der Waals surface area contributed by atoms with E-state index in [0.717, 1.165) is 0 Å². The average Bonchev–Trinajstić information content (AvgIpc) is 2.25. The predicted octanol–water partition coefficient (Wildman–Crippen LogP) is 2.38. The van der Waals surface area contributed by atoms with Crippen LogP contribution in [0.1, 0.15) is 0 Å². The number of carboxylic acids is 2. The molecular weight excluding hydrogens is 298 g/mol. The molecule has 0 aromatic rings. The molecule has 2 N–H and O–H groups in total. The Hall–Kier alpha value is -2.00. The normalized spacial score (nSPS) is 30.3. The molecule has 0 atom stereocenters. The Morgan fingerprint density at radius 2 is 0.900 bits per heavy atom. The molecule has 0 saturated carbocycles. The molecule has 0 radical (unpaired) electrons. The van der Waals surface area contributed by atoms with Crippen molar-refractivity contribution in [3.63, 3.8) is 0 Å². The van der Waals surface area contributed by atoms with Gasteiger partial charge in [0.2, 0.25) is 0 Å². The first kappa shape index (κ1) is 16.1. The highest BCUT2D eigenvalue weighted by atomic mass is 19.4. The highest BCUT2D eigenvalue weighted by Crippen LogP contribution is 2.50. The van der Waals surface area contributed by atoms with Crippen LogP contribution in [0.5, 0.6) is 0 Å². The van der Waals surface area contributed by atoms with E-state index < -0.39 is 35.1 Å². The summed E-state index contributed by atoms with van der Waals surface area (Å²) >= 11 is 0. The lowest BCUT2D eigenvalue weighted by molar-refractivity contribution is -0.215. The lowest BCUT2D eigenvalue weighted by Gasteiger charge is -2.34. The maximum Gasteiger partial charge on any atom is 0.411 e. The van der Waals surface area contributed by atoms with Gasteiger partial charge in [0.25, 0.3) is 0 Å². The van der Waals surface area contributed by atoms with Crippen molar-refractivity contribution in [3.05, 3.63) is 24.3 Å². The summed E-state index contributed by atoms with van der Waals surface area (Å²) in [6, 6.07) is 0. The Morgan fingerprint density at radius 3 is 1.00 bits per heavy atom. The molecule has 112 valence electrons. The van der Waals surface area contributed by atoms with E-state index in [-0.39, 0.29) is 24.3 Å². The lowest BCUT2D eigenvalue weighted by atomic mass is 9.74. The van der Waals surface area contributed by atoms with Crippen molar-refractivity contribution >= 4 is 11.9 Å². The van der Waals surface area contributed by atoms with E-state index in [4.69, 9.17) is 10.2 Å². The van der Waals surface area contributed by atoms with Gasteiger partial charge in [0.1, 0.15) is 0 Å². The van der Waals surface area contributed by atoms with E-state index >= 15 is 0 Å². The Bertz CT molecular complexity index is 441. The summed E-state index contributed by atoms with van der Waals surface area (Å²) in [5, 5.41) is 17.2. The van der Waals surface area contributed by atoms with Crippen LogP contribution in [-0.4, -0.2) is 34.5 Å². The molecule has 10 heteroatoms. The van der Waals surface area contributed by atoms with Gasteiger partial charge in [-0.3, -0.25) is 9.59 Å². The summed E-state index contributed by atoms with van der Waals surface area (Å²) in [6.45, 7) is 0. The molecular formula is C10H6F6O4. The van der Waals surface area contributed by atoms with E-state index in [9.17, 15) is 35.9 Å². The van der Waals surface area contributed by atoms with Crippen molar-refractivity contribution in [3.8, 4) is 0 Å². The van der Waals surface area contributed by atoms with Crippen molar-refractivity contribution in [2.75, 3.05) is 0 Å². The van der Waals surface area contributed by atoms with Gasteiger partial charge in [-0.1, -0.05) is 24.3 Å². The summed E-state index contributed by atoms with van der Waals surface area (Å²) in [6.07, 6.45) is -12.1. The highest BCUT2D eigenvalue weighted by Gasteiger charge is 2.64. The molecule has 0 aromatic heterocycles. The molecule has 1 aliphatic carbocycles. The van der Waals surface area contributed by atoms with E-state index in [2.05, 4.69) is 0 Å². The number of hydrogen-bond acceptors (Lipinski definition) is 2. The van der Waals surface area contributed by atoms with Crippen molar-refractivity contribution in [2.45, 2.75) is 12.4 Å². The molecule has 0 bridgehead atoms. The molecule has 0 unspecified atom stereocenters. The number of carboxylic acid groups (broad SMARTS) is 2. The van der Waals surface area contributed by atoms with Crippen LogP contribution in [0.4, 0.5) is 26.3 Å². The number of hydrogen-bond donors (Lipinski definition) is 2. The van der Waals surface area contributed by atoms with Crippen molar-refractivity contribution in [2.24, 2.45) is 10.8 Å². The summed E-state index contributed by atoms with van der Waals surface area (Å²) in [5.74, 6) is -4.92. The zero-order chi connectivity index (χ0) is 16.0. The summed E-state index contributed by atoms with van der Waals surface area (Å²) in [7, 11) is 0. The van der Waals surface area contributed by atoms with Gasteiger partial charge in [-0.05, 0) is 0 Å². The van der Waals surface area contributed by atoms with E-state index in [1.54, 1.807) is 0 Å². The fourth-order valence-electron chi connectivity index (χ4n) is 1.54. The molecule has 20 heavy (non-hydrogen) atoms. The van der Waals surface area contributed by atoms with Gasteiger partial charge in [0.15, 0.2) is 10.8 Å². The van der Waals surface area contributed by atoms with E-state index in [0.29, 0.717) is 0 Å². The van der Waals surface area contributed by atoms with E-state index in [1.807, 2.05) is 0 Å². The lowest BCUT2D eigenvalue weighted by Crippen LogP contribution is -2.48. The minimum Gasteiger partial charge on any atom is -0.480 e. The number of alkyl halides is 6. The smallest absolute Gasteiger partial charge is 0.411 e. The van der Waals surface area contributed by atoms with E-state index in [1.165, 1.54) is 0 Å². The fraction of sp³-hybridized carbons (Fsp3) is 0.400. The molecule has 0 fully saturated rings. The highest BCUT2D eigenvalue weighted by molar-refractivity contribution is 5.86. The van der Waals surface area contributed by atoms with Gasteiger partial charge in [0.05, 0.1) is 0 Å². The third kappa shape index (κ3) is 2.04. The van der Waals surface area contributed by atoms with Crippen LogP contribution in [0.25, 0.3) is 0 Å². The third-order valence-electron chi connectivity index (χ3n) is 2.86. The van der Waals surface area contributed by atoms with Crippen LogP contribution in [0.15, 0.2) is 24.3 Å². The molecule has 0 saturated heterocycles. The standard InChI is InChI=1S/C10H6F6O4/c11-9(12,13)7(5(17)18)1-2-8(4-3-7,6(19)20)10(14,15)16/h1-4H,(H,17,18)(H,19,20). The molecule has 0 heterocycles. The predicted molar refractivity (Wildman–Crippen MR) is 50.5 cm³/mol. The van der Waals surface area contributed by atoms with Crippen LogP contribution >= 0.6 is 0 Å². The van der Waals surface area contributed by atoms with Crippen LogP contribution in [0, 0.1) is 10.8 Å². The zero-order valence-corrected chi connectivity index (χ0v) is 9.29. The Kier molecular flexibility index (Phi) is 3.41. The van der Waals surface area contributed by atoms with Gasteiger partial charge in [0, 0.05) is 0 Å². The Balaban J connectivity index is 3.45. The van der Waals surface area contributed by atoms with Gasteiger partial charge in [-0.15, -0.1) is 0 Å². The second-order valence-corrected chi connectivity index (χ2v) is 4.01. The molecule has 0 aromatic carbocycles. The first-order chi connectivity index (χ1) is 8.80. The zero-order valence-electron chi connectivity index (χ0n) is 9.29. The quantitative estimate of drug-likeness (QED) is 0.607. The first-order valence-electron chi connectivity index (χ1n) is 4.81. The van der Waals surface area contributed by atoms with Gasteiger partial charge in [-0.25, -0.2) is 0 Å². The summed E-state index contributed by atoms with van der Waals surface area (Å²) in [5.41, 5.74) is -7.37. The summed E-state index contributed by atoms with van der Waals surface area (Å²) in [4.78, 5) is 21.4. The fourth-order valence-corrected chi connectivity index (χ4v) is 1.54. The van der Waals surface area contributed by atoms with Crippen LogP contribution < -0.4 is 0 Å². The number of carbonyl (C=O) groups is 2. The minimum absolute atomic E-state index is 0.309. The second kappa shape index (κ2) is 4.25. The van der Waals surface area contributed by atoms with Gasteiger partial charge in [-0.2, -0.15) is 26.3 Å². The number of aliphatic carboxylic acids is 2. The SMILES string of the molecule is O=C(O)C1(C(F)(F)F)C=CC(C(=O)O)(C(F)(F)F)C=C1. The maximum absolute atomic E-state index is 12.7. The Morgan fingerprint density at radius 1 is 0.700 bits per heavy atom. The van der Waals surface area contributed by atoms with Crippen molar-refractivity contribution < 1.29 is 46.1 Å². The third-order valence-corrected chi connectivity index (χ3v) is 2.86. The van der Waals surface area contributed by atoms with Crippen LogP contribution in [0.2, 0.25) is 0 Å².